The maximum Gasteiger partial charge on any atom is 1.00 e. The molecule has 1 N–H and O–H groups in total. The Kier molecular flexibility index (Phi) is 12.7. The third-order valence-electron chi connectivity index (χ3n) is 6.20. The van der Waals surface area contributed by atoms with Gasteiger partial charge in [-0.05, 0) is 51.8 Å². The minimum atomic E-state index is -5.84. The Morgan fingerprint density at radius 1 is 0.514 bits per heavy atom. The second kappa shape index (κ2) is 14.2. The first-order valence-corrected chi connectivity index (χ1v) is 12.6. The van der Waals surface area contributed by atoms with Crippen LogP contribution in [0.15, 0.2) is 84.9 Å². The predicted molar refractivity (Wildman–Crippen MR) is 140 cm³/mol. The second-order valence-corrected chi connectivity index (χ2v) is 9.77. The molecule has 8 heteroatoms. The van der Waals surface area contributed by atoms with Gasteiger partial charge in [0.05, 0.1) is 0 Å². The van der Waals surface area contributed by atoms with Crippen LogP contribution >= 0.6 is 0 Å². The Hall–Kier alpha value is -2.02. The summed E-state index contributed by atoms with van der Waals surface area (Å²) in [7, 11) is -5.84. The van der Waals surface area contributed by atoms with E-state index in [2.05, 4.69) is 107 Å². The summed E-state index contributed by atoms with van der Waals surface area (Å²) in [6.07, 6.45) is 0. The molecule has 0 aliphatic heterocycles. The van der Waals surface area contributed by atoms with Gasteiger partial charge in [-0.25, -0.2) is 0 Å². The van der Waals surface area contributed by atoms with Crippen LogP contribution in [0.5, 0.6) is 0 Å². The first-order valence-electron chi connectivity index (χ1n) is 11.2. The number of hydrogen-bond donors (Lipinski definition) is 1. The number of hydrogen-bond acceptors (Lipinski definition) is 2. The molecule has 4 rings (SSSR count). The zero-order valence-corrected chi connectivity index (χ0v) is 23.8. The van der Waals surface area contributed by atoms with Gasteiger partial charge < -0.3 is 0 Å². The molecule has 3 aromatic carbocycles. The zero-order chi connectivity index (χ0) is 27.1. The fraction of sp³-hybridized carbons (Fsp3) is 0.207. The van der Waals surface area contributed by atoms with Gasteiger partial charge in [-0.2, -0.15) is 21.6 Å². The molecule has 0 atom stereocenters. The number of benzene rings is 3. The summed E-state index contributed by atoms with van der Waals surface area (Å²) in [5.74, 6) is 7.34. The molecule has 0 aromatic heterocycles. The Balaban J connectivity index is 0.000000308. The van der Waals surface area contributed by atoms with Gasteiger partial charge in [0.15, 0.2) is 0 Å². The minimum absolute atomic E-state index is 0. The Labute approximate surface area is 232 Å². The van der Waals surface area contributed by atoms with Gasteiger partial charge in [-0.3, -0.25) is 4.55 Å². The molecule has 3 nitrogen and oxygen atoms in total. The Bertz CT molecular complexity index is 1070. The van der Waals surface area contributed by atoms with Crippen molar-refractivity contribution in [3.8, 4) is 22.3 Å². The van der Waals surface area contributed by atoms with E-state index >= 15 is 0 Å². The fourth-order valence-corrected chi connectivity index (χ4v) is 3.52. The summed E-state index contributed by atoms with van der Waals surface area (Å²) >= 11 is 0. The number of alkyl halides is 3. The first kappa shape index (κ1) is 33.0. The average molecular weight is 617 g/mol. The molecule has 1 saturated carbocycles. The van der Waals surface area contributed by atoms with Crippen molar-refractivity contribution in [1.82, 2.24) is 0 Å². The monoisotopic (exact) mass is 617 g/mol. The topological polar surface area (TPSA) is 54.4 Å². The summed E-state index contributed by atoms with van der Waals surface area (Å²) in [5, 5.41) is 0. The van der Waals surface area contributed by atoms with E-state index in [0.717, 1.165) is 0 Å². The molecule has 1 aliphatic rings. The quantitative estimate of drug-likeness (QED) is 0.179. The van der Waals surface area contributed by atoms with Crippen LogP contribution in [0.25, 0.3) is 22.3 Å². The van der Waals surface area contributed by atoms with Gasteiger partial charge in [-0.15, -0.1) is 0 Å². The first-order chi connectivity index (χ1) is 16.7. The van der Waals surface area contributed by atoms with Crippen LogP contribution in [-0.4, -0.2) is 18.5 Å². The van der Waals surface area contributed by atoms with E-state index in [1.165, 1.54) is 51.8 Å². The van der Waals surface area contributed by atoms with E-state index in [1.807, 2.05) is 12.1 Å². The zero-order valence-electron chi connectivity index (χ0n) is 21.2. The van der Waals surface area contributed by atoms with E-state index in [-0.39, 0.29) is 19.5 Å². The SMILES string of the molecule is C[C]1[C](C)[C](C)[C](C)[C]1C.O=S(=O)(O)C(F)(F)F.[Ru+].c1ccc(-c2ccc(-c3ccccc3)cc2)cc1. The second-order valence-electron chi connectivity index (χ2n) is 8.36. The van der Waals surface area contributed by atoms with Crippen molar-refractivity contribution in [2.75, 3.05) is 0 Å². The largest absolute Gasteiger partial charge is 1.00 e. The van der Waals surface area contributed by atoms with E-state index in [4.69, 9.17) is 13.0 Å². The maximum atomic E-state index is 10.7. The van der Waals surface area contributed by atoms with Gasteiger partial charge in [0, 0.05) is 0 Å². The maximum absolute atomic E-state index is 10.7. The Morgan fingerprint density at radius 2 is 0.703 bits per heavy atom. The molecule has 198 valence electrons. The number of rotatable bonds is 2. The molecule has 0 heterocycles. The molecule has 3 aromatic rings. The smallest absolute Gasteiger partial charge is 0.279 e. The summed E-state index contributed by atoms with van der Waals surface area (Å²) in [6.45, 7) is 11.0. The average Bonchev–Trinajstić information content (AvgIpc) is 3.02. The molecular weight excluding hydrogens is 586 g/mol. The fourth-order valence-electron chi connectivity index (χ4n) is 3.52. The third kappa shape index (κ3) is 9.35. The van der Waals surface area contributed by atoms with Gasteiger partial charge in [0.25, 0.3) is 0 Å². The van der Waals surface area contributed by atoms with Gasteiger partial charge >= 0.3 is 35.1 Å². The third-order valence-corrected chi connectivity index (χ3v) is 6.79. The van der Waals surface area contributed by atoms with Gasteiger partial charge in [-0.1, -0.05) is 120 Å². The van der Waals surface area contributed by atoms with E-state index in [1.54, 1.807) is 0 Å². The van der Waals surface area contributed by atoms with Crippen LogP contribution in [0.3, 0.4) is 0 Å². The van der Waals surface area contributed by atoms with Crippen molar-refractivity contribution in [2.45, 2.75) is 40.1 Å². The molecule has 0 bridgehead atoms. The molecule has 1 aliphatic carbocycles. The van der Waals surface area contributed by atoms with Crippen molar-refractivity contribution < 1.29 is 45.6 Å². The molecular formula is C29H30F3O3RuS+. The summed E-state index contributed by atoms with van der Waals surface area (Å²) in [5.41, 5.74) is -0.493. The normalized spacial score (nSPS) is 15.7. The van der Waals surface area contributed by atoms with Gasteiger partial charge in [0.1, 0.15) is 0 Å². The van der Waals surface area contributed by atoms with Crippen molar-refractivity contribution in [1.29, 1.82) is 0 Å². The van der Waals surface area contributed by atoms with E-state index in [0.29, 0.717) is 0 Å². The molecule has 0 spiro atoms. The summed E-state index contributed by atoms with van der Waals surface area (Å²) in [4.78, 5) is 0. The van der Waals surface area contributed by atoms with Crippen molar-refractivity contribution >= 4 is 10.1 Å². The van der Waals surface area contributed by atoms with Crippen LogP contribution in [0.1, 0.15) is 34.6 Å². The van der Waals surface area contributed by atoms with Gasteiger partial charge in [0.2, 0.25) is 0 Å². The van der Waals surface area contributed by atoms with E-state index < -0.39 is 15.6 Å². The molecule has 6 radical (unpaired) electrons. The molecule has 37 heavy (non-hydrogen) atoms. The predicted octanol–water partition coefficient (Wildman–Crippen LogP) is 8.38. The van der Waals surface area contributed by atoms with Crippen molar-refractivity contribution in [2.24, 2.45) is 0 Å². The van der Waals surface area contributed by atoms with Crippen LogP contribution in [0.4, 0.5) is 13.2 Å². The molecule has 0 saturated heterocycles. The van der Waals surface area contributed by atoms with Crippen LogP contribution in [0.2, 0.25) is 0 Å². The van der Waals surface area contributed by atoms with Crippen molar-refractivity contribution in [3.05, 3.63) is 115 Å². The summed E-state index contributed by atoms with van der Waals surface area (Å²) < 4.78 is 57.5. The molecule has 0 amide bonds. The Morgan fingerprint density at radius 3 is 0.892 bits per heavy atom. The van der Waals surface area contributed by atoms with Crippen molar-refractivity contribution in [3.63, 3.8) is 0 Å². The number of halogens is 3. The van der Waals surface area contributed by atoms with Crippen LogP contribution in [0, 0.1) is 29.6 Å². The van der Waals surface area contributed by atoms with Crippen LogP contribution in [-0.2, 0) is 29.6 Å². The summed E-state index contributed by atoms with van der Waals surface area (Å²) in [6, 6.07) is 29.6. The molecule has 1 fully saturated rings. The molecule has 0 unspecified atom stereocenters. The standard InChI is InChI=1S/C18H14.C10H15.CHF3O3S.Ru/c1-3-7-15(8-4-1)17-11-13-18(14-12-17)16-9-5-2-6-10-16;1-6-7(2)9(4)10(5)8(6)3;2-1(3,4)8(5,6)7;/h1-14H;1-5H3;(H,5,6,7);/q;;;+1. The van der Waals surface area contributed by atoms with Crippen LogP contribution < -0.4 is 0 Å². The minimum Gasteiger partial charge on any atom is -0.279 e. The van der Waals surface area contributed by atoms with E-state index in [9.17, 15) is 13.2 Å².